The summed E-state index contributed by atoms with van der Waals surface area (Å²) in [6, 6.07) is 16.0. The van der Waals surface area contributed by atoms with Crippen LogP contribution in [0.2, 0.25) is 0 Å². The second-order valence-corrected chi connectivity index (χ2v) is 7.49. The molecule has 1 unspecified atom stereocenters. The molecule has 2 aromatic carbocycles. The Labute approximate surface area is 176 Å². The summed E-state index contributed by atoms with van der Waals surface area (Å²) >= 11 is 0. The number of oxime groups is 1. The number of hydrogen-bond acceptors (Lipinski definition) is 6. The fourth-order valence-electron chi connectivity index (χ4n) is 3.87. The first kappa shape index (κ1) is 20.2. The van der Waals surface area contributed by atoms with Crippen molar-refractivity contribution in [3.05, 3.63) is 59.7 Å². The lowest BCUT2D eigenvalue weighted by Gasteiger charge is -2.35. The van der Waals surface area contributed by atoms with Gasteiger partial charge in [-0.1, -0.05) is 35.5 Å². The van der Waals surface area contributed by atoms with Gasteiger partial charge in [0.25, 0.3) is 5.91 Å². The van der Waals surface area contributed by atoms with E-state index < -0.39 is 6.10 Å². The van der Waals surface area contributed by atoms with Crippen molar-refractivity contribution >= 4 is 11.6 Å². The molecule has 0 N–H and O–H groups in total. The van der Waals surface area contributed by atoms with Gasteiger partial charge < -0.3 is 19.2 Å². The van der Waals surface area contributed by atoms with Gasteiger partial charge in [0.05, 0.1) is 19.9 Å². The van der Waals surface area contributed by atoms with E-state index in [9.17, 15) is 4.79 Å². The monoisotopic (exact) mass is 409 g/mol. The summed E-state index contributed by atoms with van der Waals surface area (Å²) in [4.78, 5) is 22.7. The Morgan fingerprint density at radius 2 is 1.77 bits per heavy atom. The zero-order valence-corrected chi connectivity index (χ0v) is 17.4. The van der Waals surface area contributed by atoms with Gasteiger partial charge in [0.1, 0.15) is 0 Å². The number of hydrogen-bond donors (Lipinski definition) is 0. The molecule has 0 bridgehead atoms. The van der Waals surface area contributed by atoms with Crippen LogP contribution in [0.25, 0.3) is 0 Å². The molecular weight excluding hydrogens is 382 g/mol. The molecule has 2 aliphatic heterocycles. The maximum Gasteiger partial charge on any atom is 0.266 e. The normalized spacial score (nSPS) is 19.2. The minimum Gasteiger partial charge on any atom is -0.493 e. The molecule has 4 rings (SSSR count). The van der Waals surface area contributed by atoms with E-state index in [4.69, 9.17) is 14.3 Å². The molecule has 1 amide bonds. The minimum atomic E-state index is -0.561. The lowest BCUT2D eigenvalue weighted by molar-refractivity contribution is -0.143. The van der Waals surface area contributed by atoms with E-state index in [1.165, 1.54) is 5.56 Å². The fourth-order valence-corrected chi connectivity index (χ4v) is 3.87. The molecule has 2 heterocycles. The number of amides is 1. The molecule has 30 heavy (non-hydrogen) atoms. The molecular formula is C23H27N3O4. The summed E-state index contributed by atoms with van der Waals surface area (Å²) in [6.07, 6.45) is -0.104. The number of carbonyl (C=O) groups is 1. The summed E-state index contributed by atoms with van der Waals surface area (Å²) in [6.45, 7) is 4.04. The van der Waals surface area contributed by atoms with E-state index in [2.05, 4.69) is 34.3 Å². The molecule has 1 saturated heterocycles. The maximum absolute atomic E-state index is 12.9. The molecule has 7 heteroatoms. The Morgan fingerprint density at radius 1 is 1.03 bits per heavy atom. The number of methoxy groups -OCH3 is 2. The largest absolute Gasteiger partial charge is 0.493 e. The molecule has 0 aliphatic carbocycles. The SMILES string of the molecule is COc1ccc(C2=NOC(C(=O)N3CCN(Cc4ccccc4)CC3)C2)cc1OC. The molecule has 1 atom stereocenters. The highest BCUT2D eigenvalue weighted by Gasteiger charge is 2.34. The van der Waals surface area contributed by atoms with Gasteiger partial charge in [-0.15, -0.1) is 0 Å². The summed E-state index contributed by atoms with van der Waals surface area (Å²) in [5.41, 5.74) is 2.91. The molecule has 158 valence electrons. The Balaban J connectivity index is 1.31. The lowest BCUT2D eigenvalue weighted by Crippen LogP contribution is -2.51. The maximum atomic E-state index is 12.9. The number of carbonyl (C=O) groups excluding carboxylic acids is 1. The van der Waals surface area contributed by atoms with Crippen LogP contribution in [0.3, 0.4) is 0 Å². The first-order valence-corrected chi connectivity index (χ1v) is 10.2. The van der Waals surface area contributed by atoms with Crippen LogP contribution in [0.1, 0.15) is 17.5 Å². The van der Waals surface area contributed by atoms with Crippen LogP contribution < -0.4 is 9.47 Å². The summed E-state index contributed by atoms with van der Waals surface area (Å²) in [5, 5.41) is 4.17. The van der Waals surface area contributed by atoms with Gasteiger partial charge in [0.15, 0.2) is 11.5 Å². The Morgan fingerprint density at radius 3 is 2.47 bits per heavy atom. The highest BCUT2D eigenvalue weighted by Crippen LogP contribution is 2.29. The lowest BCUT2D eigenvalue weighted by atomic mass is 10.0. The van der Waals surface area contributed by atoms with E-state index >= 15 is 0 Å². The molecule has 2 aromatic rings. The summed E-state index contributed by atoms with van der Waals surface area (Å²) in [5.74, 6) is 1.29. The Kier molecular flexibility index (Phi) is 6.18. The van der Waals surface area contributed by atoms with Gasteiger partial charge in [-0.3, -0.25) is 9.69 Å². The van der Waals surface area contributed by atoms with Gasteiger partial charge in [-0.2, -0.15) is 0 Å². The summed E-state index contributed by atoms with van der Waals surface area (Å²) in [7, 11) is 3.19. The van der Waals surface area contributed by atoms with Crippen LogP contribution in [0, 0.1) is 0 Å². The zero-order valence-electron chi connectivity index (χ0n) is 17.4. The number of piperazine rings is 1. The Bertz CT molecular complexity index is 908. The van der Waals surface area contributed by atoms with E-state index in [0.717, 1.165) is 30.9 Å². The van der Waals surface area contributed by atoms with Crippen LogP contribution >= 0.6 is 0 Å². The number of benzene rings is 2. The van der Waals surface area contributed by atoms with E-state index in [0.29, 0.717) is 31.0 Å². The predicted molar refractivity (Wildman–Crippen MR) is 114 cm³/mol. The average Bonchev–Trinajstić information content (AvgIpc) is 3.29. The van der Waals surface area contributed by atoms with Crippen molar-refractivity contribution in [2.45, 2.75) is 19.1 Å². The minimum absolute atomic E-state index is 0.00795. The summed E-state index contributed by atoms with van der Waals surface area (Å²) < 4.78 is 10.6. The topological polar surface area (TPSA) is 63.6 Å². The van der Waals surface area contributed by atoms with Crippen molar-refractivity contribution in [1.82, 2.24) is 9.80 Å². The highest BCUT2D eigenvalue weighted by molar-refractivity contribution is 6.04. The van der Waals surface area contributed by atoms with Crippen LogP contribution in [0.5, 0.6) is 11.5 Å². The molecule has 2 aliphatic rings. The van der Waals surface area contributed by atoms with E-state index in [1.54, 1.807) is 14.2 Å². The third-order valence-corrected chi connectivity index (χ3v) is 5.59. The predicted octanol–water partition coefficient (Wildman–Crippen LogP) is 2.54. The second kappa shape index (κ2) is 9.17. The number of rotatable bonds is 6. The van der Waals surface area contributed by atoms with Gasteiger partial charge in [0.2, 0.25) is 6.10 Å². The zero-order chi connectivity index (χ0) is 20.9. The van der Waals surface area contributed by atoms with E-state index in [1.807, 2.05) is 29.2 Å². The van der Waals surface area contributed by atoms with Crippen LogP contribution in [0.15, 0.2) is 53.7 Å². The molecule has 1 fully saturated rings. The molecule has 7 nitrogen and oxygen atoms in total. The van der Waals surface area contributed by atoms with Crippen LogP contribution in [-0.4, -0.2) is 67.9 Å². The second-order valence-electron chi connectivity index (χ2n) is 7.49. The molecule has 0 saturated carbocycles. The molecule has 0 aromatic heterocycles. The van der Waals surface area contributed by atoms with Crippen LogP contribution in [0.4, 0.5) is 0 Å². The first-order valence-electron chi connectivity index (χ1n) is 10.2. The Hall–Kier alpha value is -3.06. The standard InChI is InChI=1S/C23H27N3O4/c1-28-20-9-8-18(14-21(20)29-2)19-15-22(30-24-19)23(27)26-12-10-25(11-13-26)16-17-6-4-3-5-7-17/h3-9,14,22H,10-13,15-16H2,1-2H3. The van der Waals surface area contributed by atoms with Crippen molar-refractivity contribution in [3.8, 4) is 11.5 Å². The van der Waals surface area contributed by atoms with Crippen molar-refractivity contribution < 1.29 is 19.1 Å². The van der Waals surface area contributed by atoms with Crippen molar-refractivity contribution in [1.29, 1.82) is 0 Å². The molecule has 0 spiro atoms. The third-order valence-electron chi connectivity index (χ3n) is 5.59. The highest BCUT2D eigenvalue weighted by atomic mass is 16.6. The van der Waals surface area contributed by atoms with Crippen molar-refractivity contribution in [3.63, 3.8) is 0 Å². The van der Waals surface area contributed by atoms with E-state index in [-0.39, 0.29) is 5.91 Å². The van der Waals surface area contributed by atoms with Crippen molar-refractivity contribution in [2.75, 3.05) is 40.4 Å². The molecule has 0 radical (unpaired) electrons. The van der Waals surface area contributed by atoms with Crippen LogP contribution in [-0.2, 0) is 16.2 Å². The first-order chi connectivity index (χ1) is 14.7. The number of nitrogens with zero attached hydrogens (tertiary/aromatic N) is 3. The average molecular weight is 409 g/mol. The number of ether oxygens (including phenoxy) is 2. The van der Waals surface area contributed by atoms with Gasteiger partial charge in [-0.25, -0.2) is 0 Å². The van der Waals surface area contributed by atoms with Crippen molar-refractivity contribution in [2.24, 2.45) is 5.16 Å². The van der Waals surface area contributed by atoms with Gasteiger partial charge in [-0.05, 0) is 23.8 Å². The smallest absolute Gasteiger partial charge is 0.266 e. The fraction of sp³-hybridized carbons (Fsp3) is 0.391. The van der Waals surface area contributed by atoms with Gasteiger partial charge in [0, 0.05) is 44.7 Å². The quantitative estimate of drug-likeness (QED) is 0.734. The van der Waals surface area contributed by atoms with Gasteiger partial charge >= 0.3 is 0 Å². The third kappa shape index (κ3) is 4.41.